The van der Waals surface area contributed by atoms with Crippen LogP contribution in [-0.2, 0) is 12.8 Å². The molecule has 0 atom stereocenters. The van der Waals surface area contributed by atoms with E-state index >= 15 is 0 Å². The highest BCUT2D eigenvalue weighted by Gasteiger charge is 2.31. The Morgan fingerprint density at radius 3 is 2.32 bits per heavy atom. The zero-order valence-electron chi connectivity index (χ0n) is 9.75. The third kappa shape index (κ3) is 3.99. The average Bonchev–Trinajstić information content (AvgIpc) is 2.36. The molecule has 2 aromatic rings. The van der Waals surface area contributed by atoms with Gasteiger partial charge in [-0.05, 0) is 23.8 Å². The van der Waals surface area contributed by atoms with Crippen LogP contribution in [0.3, 0.4) is 0 Å². The number of hydrogen-bond acceptors (Lipinski definition) is 1. The number of hydrogen-bond donors (Lipinski definition) is 0. The van der Waals surface area contributed by atoms with Gasteiger partial charge in [0.05, 0.1) is 5.56 Å². The van der Waals surface area contributed by atoms with Crippen molar-refractivity contribution in [1.82, 2.24) is 0 Å². The van der Waals surface area contributed by atoms with Gasteiger partial charge in [-0.1, -0.05) is 46.3 Å². The lowest BCUT2D eigenvalue weighted by Gasteiger charge is -2.11. The summed E-state index contributed by atoms with van der Waals surface area (Å²) in [5, 5.41) is 0. The highest BCUT2D eigenvalue weighted by atomic mass is 79.9. The van der Waals surface area contributed by atoms with E-state index in [1.165, 1.54) is 6.07 Å². The van der Waals surface area contributed by atoms with Crippen LogP contribution in [0.5, 0.6) is 5.75 Å². The Morgan fingerprint density at radius 2 is 1.68 bits per heavy atom. The summed E-state index contributed by atoms with van der Waals surface area (Å²) in [6.45, 7) is 0.231. The number of benzene rings is 2. The van der Waals surface area contributed by atoms with Crippen molar-refractivity contribution < 1.29 is 17.9 Å². The minimum Gasteiger partial charge on any atom is -0.489 e. The van der Waals surface area contributed by atoms with Gasteiger partial charge in [-0.2, -0.15) is 13.2 Å². The van der Waals surface area contributed by atoms with Crippen LogP contribution in [-0.4, -0.2) is 0 Å². The Hall–Kier alpha value is -1.49. The number of ether oxygens (including phenoxy) is 1. The molecule has 0 aliphatic carbocycles. The second-order valence-corrected chi connectivity index (χ2v) is 4.86. The normalized spacial score (nSPS) is 11.4. The van der Waals surface area contributed by atoms with E-state index in [9.17, 15) is 13.2 Å². The van der Waals surface area contributed by atoms with Crippen molar-refractivity contribution in [3.63, 3.8) is 0 Å². The second kappa shape index (κ2) is 5.65. The molecule has 0 bridgehead atoms. The lowest BCUT2D eigenvalue weighted by molar-refractivity contribution is -0.137. The van der Waals surface area contributed by atoms with E-state index in [2.05, 4.69) is 15.9 Å². The maximum Gasteiger partial charge on any atom is 0.416 e. The summed E-state index contributed by atoms with van der Waals surface area (Å²) in [5.74, 6) is 0.186. The van der Waals surface area contributed by atoms with Crippen molar-refractivity contribution in [3.8, 4) is 5.75 Å². The first-order chi connectivity index (χ1) is 8.95. The summed E-state index contributed by atoms with van der Waals surface area (Å²) >= 11 is 3.05. The molecule has 100 valence electrons. The molecule has 0 saturated carbocycles. The minimum absolute atomic E-state index is 0.186. The molecule has 0 aliphatic rings. The van der Waals surface area contributed by atoms with E-state index in [-0.39, 0.29) is 12.4 Å². The van der Waals surface area contributed by atoms with Crippen molar-refractivity contribution in [2.24, 2.45) is 0 Å². The Kier molecular flexibility index (Phi) is 4.14. The highest BCUT2D eigenvalue weighted by Crippen LogP contribution is 2.34. The molecule has 0 radical (unpaired) electrons. The van der Waals surface area contributed by atoms with Crippen LogP contribution in [0.2, 0.25) is 0 Å². The van der Waals surface area contributed by atoms with Gasteiger partial charge in [-0.3, -0.25) is 0 Å². The maximum absolute atomic E-state index is 12.6. The van der Waals surface area contributed by atoms with Crippen LogP contribution >= 0.6 is 15.9 Å². The maximum atomic E-state index is 12.6. The fourth-order valence-corrected chi connectivity index (χ4v) is 2.02. The largest absolute Gasteiger partial charge is 0.489 e. The van der Waals surface area contributed by atoms with Crippen LogP contribution in [0.4, 0.5) is 13.2 Å². The Bertz CT molecular complexity index is 552. The van der Waals surface area contributed by atoms with Gasteiger partial charge in [0.1, 0.15) is 12.4 Å². The molecule has 2 rings (SSSR count). The molecule has 0 heterocycles. The van der Waals surface area contributed by atoms with Gasteiger partial charge in [-0.25, -0.2) is 0 Å². The SMILES string of the molecule is FC(F)(F)c1cc(Br)cc(OCc2ccccc2)c1. The van der Waals surface area contributed by atoms with Crippen LogP contribution in [0, 0.1) is 0 Å². The molecule has 0 spiro atoms. The molecule has 19 heavy (non-hydrogen) atoms. The van der Waals surface area contributed by atoms with E-state index in [0.717, 1.165) is 17.7 Å². The van der Waals surface area contributed by atoms with Crippen molar-refractivity contribution in [3.05, 3.63) is 64.1 Å². The van der Waals surface area contributed by atoms with E-state index in [4.69, 9.17) is 4.74 Å². The second-order valence-electron chi connectivity index (χ2n) is 3.95. The summed E-state index contributed by atoms with van der Waals surface area (Å²) < 4.78 is 43.6. The first-order valence-corrected chi connectivity index (χ1v) is 6.29. The monoisotopic (exact) mass is 330 g/mol. The molecule has 1 nitrogen and oxygen atoms in total. The molecule has 2 aromatic carbocycles. The Morgan fingerprint density at radius 1 is 1.00 bits per heavy atom. The average molecular weight is 331 g/mol. The first kappa shape index (κ1) is 13.9. The van der Waals surface area contributed by atoms with Crippen LogP contribution in [0.25, 0.3) is 0 Å². The lowest BCUT2D eigenvalue weighted by Crippen LogP contribution is -2.05. The van der Waals surface area contributed by atoms with Gasteiger partial charge in [0.2, 0.25) is 0 Å². The molecular formula is C14H10BrF3O. The van der Waals surface area contributed by atoms with Crippen molar-refractivity contribution >= 4 is 15.9 Å². The predicted octanol–water partition coefficient (Wildman–Crippen LogP) is 5.05. The summed E-state index contributed by atoms with van der Waals surface area (Å²) in [6, 6.07) is 12.8. The highest BCUT2D eigenvalue weighted by molar-refractivity contribution is 9.10. The van der Waals surface area contributed by atoms with Crippen LogP contribution < -0.4 is 4.74 Å². The van der Waals surface area contributed by atoms with Crippen LogP contribution in [0.1, 0.15) is 11.1 Å². The molecule has 0 aliphatic heterocycles. The van der Waals surface area contributed by atoms with Crippen LogP contribution in [0.15, 0.2) is 53.0 Å². The Balaban J connectivity index is 2.15. The summed E-state index contributed by atoms with van der Waals surface area (Å²) in [7, 11) is 0. The molecule has 0 N–H and O–H groups in total. The first-order valence-electron chi connectivity index (χ1n) is 5.50. The number of alkyl halides is 3. The zero-order chi connectivity index (χ0) is 13.9. The molecular weight excluding hydrogens is 321 g/mol. The van der Waals surface area contributed by atoms with Gasteiger partial charge in [0, 0.05) is 4.47 Å². The standard InChI is InChI=1S/C14H10BrF3O/c15-12-6-11(14(16,17)18)7-13(8-12)19-9-10-4-2-1-3-5-10/h1-8H,9H2. The summed E-state index contributed by atoms with van der Waals surface area (Å²) in [5.41, 5.74) is 0.168. The molecule has 5 heteroatoms. The van der Waals surface area contributed by atoms with E-state index < -0.39 is 11.7 Å². The van der Waals surface area contributed by atoms with Gasteiger partial charge >= 0.3 is 6.18 Å². The fraction of sp³-hybridized carbons (Fsp3) is 0.143. The van der Waals surface area contributed by atoms with Gasteiger partial charge < -0.3 is 4.74 Å². The van der Waals surface area contributed by atoms with Gasteiger partial charge in [0.15, 0.2) is 0 Å². The predicted molar refractivity (Wildman–Crippen MR) is 69.9 cm³/mol. The molecule has 0 saturated heterocycles. The summed E-state index contributed by atoms with van der Waals surface area (Å²) in [6.07, 6.45) is -4.38. The summed E-state index contributed by atoms with van der Waals surface area (Å²) in [4.78, 5) is 0. The van der Waals surface area contributed by atoms with Crippen molar-refractivity contribution in [2.45, 2.75) is 12.8 Å². The minimum atomic E-state index is -4.38. The quantitative estimate of drug-likeness (QED) is 0.765. The Labute approximate surface area is 117 Å². The van der Waals surface area contributed by atoms with E-state index in [1.54, 1.807) is 0 Å². The van der Waals surface area contributed by atoms with Crippen molar-refractivity contribution in [1.29, 1.82) is 0 Å². The lowest BCUT2D eigenvalue weighted by atomic mass is 10.2. The van der Waals surface area contributed by atoms with Gasteiger partial charge in [-0.15, -0.1) is 0 Å². The van der Waals surface area contributed by atoms with Gasteiger partial charge in [0.25, 0.3) is 0 Å². The van der Waals surface area contributed by atoms with E-state index in [1.807, 2.05) is 30.3 Å². The molecule has 0 amide bonds. The molecule has 0 aromatic heterocycles. The number of halogens is 4. The molecule has 0 fully saturated rings. The third-order valence-electron chi connectivity index (χ3n) is 2.45. The number of rotatable bonds is 3. The topological polar surface area (TPSA) is 9.23 Å². The van der Waals surface area contributed by atoms with Crippen molar-refractivity contribution in [2.75, 3.05) is 0 Å². The zero-order valence-corrected chi connectivity index (χ0v) is 11.3. The molecule has 0 unspecified atom stereocenters. The van der Waals surface area contributed by atoms with E-state index in [0.29, 0.717) is 4.47 Å². The third-order valence-corrected chi connectivity index (χ3v) is 2.90. The fourth-order valence-electron chi connectivity index (χ4n) is 1.55. The smallest absolute Gasteiger partial charge is 0.416 e.